The minimum atomic E-state index is 0.141. The highest BCUT2D eigenvalue weighted by atomic mass is 16.5. The van der Waals surface area contributed by atoms with Gasteiger partial charge >= 0.3 is 0 Å². The van der Waals surface area contributed by atoms with Crippen molar-refractivity contribution in [1.82, 2.24) is 10.2 Å². The van der Waals surface area contributed by atoms with Crippen LogP contribution in [0.1, 0.15) is 56.6 Å². The van der Waals surface area contributed by atoms with Gasteiger partial charge in [0.1, 0.15) is 11.4 Å². The predicted octanol–water partition coefficient (Wildman–Crippen LogP) is 3.51. The summed E-state index contributed by atoms with van der Waals surface area (Å²) in [6.07, 6.45) is 9.21. The zero-order chi connectivity index (χ0) is 15.3. The van der Waals surface area contributed by atoms with Crippen LogP contribution in [-0.2, 0) is 0 Å². The van der Waals surface area contributed by atoms with Crippen molar-refractivity contribution < 1.29 is 4.74 Å². The first-order chi connectivity index (χ1) is 11.3. The second-order valence-electron chi connectivity index (χ2n) is 8.22. The number of nitrogens with one attached hydrogen (secondary N) is 1. The van der Waals surface area contributed by atoms with Crippen LogP contribution in [0.3, 0.4) is 0 Å². The van der Waals surface area contributed by atoms with Crippen LogP contribution in [0.5, 0.6) is 5.75 Å². The van der Waals surface area contributed by atoms with E-state index in [4.69, 9.17) is 4.74 Å². The molecule has 1 aromatic rings. The smallest absolute Gasteiger partial charge is 0.124 e. The Morgan fingerprint density at radius 3 is 2.83 bits per heavy atom. The SMILES string of the molecule is c1ccc2c(c1)OC1(CCC1)C[C@@H]2NC[C@H]1CCN(C2CC2)C1. The lowest BCUT2D eigenvalue weighted by Gasteiger charge is -2.48. The van der Waals surface area contributed by atoms with E-state index in [-0.39, 0.29) is 5.60 Å². The van der Waals surface area contributed by atoms with E-state index in [1.54, 1.807) is 0 Å². The summed E-state index contributed by atoms with van der Waals surface area (Å²) in [5.74, 6) is 1.96. The normalized spacial score (nSPS) is 32.3. The summed E-state index contributed by atoms with van der Waals surface area (Å²) in [7, 11) is 0. The molecule has 5 rings (SSSR count). The molecule has 2 aliphatic heterocycles. The van der Waals surface area contributed by atoms with E-state index in [0.717, 1.165) is 30.7 Å². The molecule has 4 aliphatic rings. The van der Waals surface area contributed by atoms with Gasteiger partial charge in [-0.25, -0.2) is 0 Å². The van der Waals surface area contributed by atoms with Crippen LogP contribution in [0.15, 0.2) is 24.3 Å². The first-order valence-corrected chi connectivity index (χ1v) is 9.57. The Morgan fingerprint density at radius 2 is 2.04 bits per heavy atom. The van der Waals surface area contributed by atoms with Crippen molar-refractivity contribution in [2.24, 2.45) is 5.92 Å². The lowest BCUT2D eigenvalue weighted by atomic mass is 9.73. The molecule has 1 aromatic carbocycles. The Morgan fingerprint density at radius 1 is 1.17 bits per heavy atom. The Kier molecular flexibility index (Phi) is 3.41. The summed E-state index contributed by atoms with van der Waals surface area (Å²) >= 11 is 0. The minimum absolute atomic E-state index is 0.141. The molecule has 3 nitrogen and oxygen atoms in total. The molecule has 1 spiro atoms. The van der Waals surface area contributed by atoms with Crippen molar-refractivity contribution in [1.29, 1.82) is 0 Å². The third-order valence-electron chi connectivity index (χ3n) is 6.50. The molecule has 1 N–H and O–H groups in total. The molecule has 1 saturated heterocycles. The van der Waals surface area contributed by atoms with Gasteiger partial charge in [-0.2, -0.15) is 0 Å². The Hall–Kier alpha value is -1.06. The predicted molar refractivity (Wildman–Crippen MR) is 91.7 cm³/mol. The van der Waals surface area contributed by atoms with E-state index in [0.29, 0.717) is 6.04 Å². The molecule has 0 aromatic heterocycles. The summed E-state index contributed by atoms with van der Waals surface area (Å²) in [4.78, 5) is 2.72. The van der Waals surface area contributed by atoms with Crippen molar-refractivity contribution >= 4 is 0 Å². The molecular formula is C20H28N2O. The third kappa shape index (κ3) is 2.68. The maximum Gasteiger partial charge on any atom is 0.124 e. The molecule has 0 bridgehead atoms. The Labute approximate surface area is 139 Å². The van der Waals surface area contributed by atoms with Crippen LogP contribution in [0.4, 0.5) is 0 Å². The number of para-hydroxylation sites is 1. The van der Waals surface area contributed by atoms with Gasteiger partial charge in [0.25, 0.3) is 0 Å². The van der Waals surface area contributed by atoms with Gasteiger partial charge in [0.15, 0.2) is 0 Å². The standard InChI is InChI=1S/C20H28N2O/c1-2-5-19-17(4-1)18(12-20(23-19)9-3-10-20)21-13-15-8-11-22(14-15)16-6-7-16/h1-2,4-5,15-16,18,21H,3,6-14H2/t15-,18+/m1/s1. The molecule has 2 atom stereocenters. The summed E-state index contributed by atoms with van der Waals surface area (Å²) in [5.41, 5.74) is 1.52. The fourth-order valence-corrected chi connectivity index (χ4v) is 4.79. The van der Waals surface area contributed by atoms with E-state index < -0.39 is 0 Å². The quantitative estimate of drug-likeness (QED) is 0.921. The maximum absolute atomic E-state index is 6.37. The molecule has 3 heteroatoms. The number of hydrogen-bond donors (Lipinski definition) is 1. The minimum Gasteiger partial charge on any atom is -0.487 e. The van der Waals surface area contributed by atoms with Crippen LogP contribution >= 0.6 is 0 Å². The molecule has 3 fully saturated rings. The fourth-order valence-electron chi connectivity index (χ4n) is 4.79. The molecule has 0 unspecified atom stereocenters. The highest BCUT2D eigenvalue weighted by Crippen LogP contribution is 2.48. The van der Waals surface area contributed by atoms with Gasteiger partial charge in [-0.05, 0) is 63.6 Å². The second-order valence-corrected chi connectivity index (χ2v) is 8.22. The van der Waals surface area contributed by atoms with Crippen LogP contribution in [0.25, 0.3) is 0 Å². The van der Waals surface area contributed by atoms with Gasteiger partial charge < -0.3 is 15.0 Å². The monoisotopic (exact) mass is 312 g/mol. The average molecular weight is 312 g/mol. The van der Waals surface area contributed by atoms with Crippen LogP contribution in [0, 0.1) is 5.92 Å². The number of rotatable bonds is 4. The number of nitrogens with zero attached hydrogens (tertiary/aromatic N) is 1. The van der Waals surface area contributed by atoms with E-state index in [2.05, 4.69) is 34.5 Å². The van der Waals surface area contributed by atoms with E-state index >= 15 is 0 Å². The van der Waals surface area contributed by atoms with Crippen molar-refractivity contribution in [2.75, 3.05) is 19.6 Å². The zero-order valence-electron chi connectivity index (χ0n) is 14.0. The van der Waals surface area contributed by atoms with E-state index in [9.17, 15) is 0 Å². The molecule has 124 valence electrons. The number of hydrogen-bond acceptors (Lipinski definition) is 3. The summed E-state index contributed by atoms with van der Waals surface area (Å²) in [6.45, 7) is 3.80. The highest BCUT2D eigenvalue weighted by Gasteiger charge is 2.45. The second kappa shape index (κ2) is 5.49. The molecule has 2 saturated carbocycles. The van der Waals surface area contributed by atoms with Crippen LogP contribution in [0.2, 0.25) is 0 Å². The van der Waals surface area contributed by atoms with Crippen molar-refractivity contribution in [3.8, 4) is 5.75 Å². The molecule has 23 heavy (non-hydrogen) atoms. The summed E-state index contributed by atoms with van der Waals surface area (Å²) in [5, 5.41) is 3.92. The number of benzene rings is 1. The average Bonchev–Trinajstić information content (AvgIpc) is 3.29. The molecule has 0 amide bonds. The van der Waals surface area contributed by atoms with Gasteiger partial charge in [-0.15, -0.1) is 0 Å². The summed E-state index contributed by atoms with van der Waals surface area (Å²) in [6, 6.07) is 10.1. The zero-order valence-corrected chi connectivity index (χ0v) is 14.0. The Balaban J connectivity index is 1.26. The van der Waals surface area contributed by atoms with Crippen molar-refractivity contribution in [2.45, 2.75) is 62.6 Å². The third-order valence-corrected chi connectivity index (χ3v) is 6.50. The largest absolute Gasteiger partial charge is 0.487 e. The van der Waals surface area contributed by atoms with Crippen LogP contribution in [-0.4, -0.2) is 36.2 Å². The van der Waals surface area contributed by atoms with Gasteiger partial charge in [0.05, 0.1) is 0 Å². The van der Waals surface area contributed by atoms with Crippen LogP contribution < -0.4 is 10.1 Å². The topological polar surface area (TPSA) is 24.5 Å². The Bertz CT molecular complexity index is 579. The molecule has 2 heterocycles. The molecule has 0 radical (unpaired) electrons. The van der Waals surface area contributed by atoms with Gasteiger partial charge in [0.2, 0.25) is 0 Å². The lowest BCUT2D eigenvalue weighted by Crippen LogP contribution is -2.49. The first kappa shape index (κ1) is 14.3. The molecular weight excluding hydrogens is 284 g/mol. The molecule has 2 aliphatic carbocycles. The number of fused-ring (bicyclic) bond motifs is 1. The summed E-state index contributed by atoms with van der Waals surface area (Å²) < 4.78 is 6.37. The number of likely N-dealkylation sites (tertiary alicyclic amines) is 1. The lowest BCUT2D eigenvalue weighted by molar-refractivity contribution is -0.0371. The van der Waals surface area contributed by atoms with Gasteiger partial charge in [-0.3, -0.25) is 0 Å². The van der Waals surface area contributed by atoms with Gasteiger partial charge in [-0.1, -0.05) is 18.2 Å². The highest BCUT2D eigenvalue weighted by molar-refractivity contribution is 5.39. The van der Waals surface area contributed by atoms with Crippen molar-refractivity contribution in [3.05, 3.63) is 29.8 Å². The van der Waals surface area contributed by atoms with Crippen molar-refractivity contribution in [3.63, 3.8) is 0 Å². The van der Waals surface area contributed by atoms with E-state index in [1.807, 2.05) is 0 Å². The van der Waals surface area contributed by atoms with E-state index in [1.165, 1.54) is 57.2 Å². The maximum atomic E-state index is 6.37. The number of ether oxygens (including phenoxy) is 1. The fraction of sp³-hybridized carbons (Fsp3) is 0.700. The first-order valence-electron chi connectivity index (χ1n) is 9.57. The van der Waals surface area contributed by atoms with Gasteiger partial charge in [0, 0.05) is 30.6 Å².